The van der Waals surface area contributed by atoms with Crippen molar-refractivity contribution in [2.75, 3.05) is 13.2 Å². The first-order valence-electron chi connectivity index (χ1n) is 8.07. The molecule has 1 atom stereocenters. The molecule has 3 nitrogen and oxygen atoms in total. The van der Waals surface area contributed by atoms with Crippen LogP contribution in [-0.2, 0) is 12.8 Å². The molecule has 0 saturated heterocycles. The summed E-state index contributed by atoms with van der Waals surface area (Å²) < 4.78 is 5.74. The third-order valence-electron chi connectivity index (χ3n) is 4.65. The molecule has 20 heavy (non-hydrogen) atoms. The van der Waals surface area contributed by atoms with Gasteiger partial charge >= 0.3 is 0 Å². The third-order valence-corrected chi connectivity index (χ3v) is 4.65. The third kappa shape index (κ3) is 3.53. The lowest BCUT2D eigenvalue weighted by atomic mass is 10.1. The van der Waals surface area contributed by atoms with Gasteiger partial charge in [-0.25, -0.2) is 0 Å². The van der Waals surface area contributed by atoms with E-state index in [1.54, 1.807) is 0 Å². The fourth-order valence-electron chi connectivity index (χ4n) is 3.44. The molecule has 3 heteroatoms. The molecular weight excluding hydrogens is 250 g/mol. The van der Waals surface area contributed by atoms with E-state index in [0.29, 0.717) is 6.61 Å². The summed E-state index contributed by atoms with van der Waals surface area (Å²) in [6, 6.07) is 7.09. The van der Waals surface area contributed by atoms with Crippen LogP contribution in [0.2, 0.25) is 0 Å². The van der Waals surface area contributed by atoms with E-state index >= 15 is 0 Å². The number of hydrogen-bond acceptors (Lipinski definition) is 2. The van der Waals surface area contributed by atoms with Gasteiger partial charge in [0.05, 0.1) is 6.04 Å². The Kier molecular flexibility index (Phi) is 4.58. The minimum Gasteiger partial charge on any atom is -0.491 e. The molecule has 3 N–H and O–H groups in total. The lowest BCUT2D eigenvalue weighted by Crippen LogP contribution is -2.91. The maximum Gasteiger partial charge on any atom is 0.137 e. The van der Waals surface area contributed by atoms with E-state index in [1.807, 2.05) is 6.07 Å². The molecule has 1 aromatic rings. The highest BCUT2D eigenvalue weighted by Crippen LogP contribution is 2.26. The number of quaternary nitrogens is 1. The summed E-state index contributed by atoms with van der Waals surface area (Å²) in [5.41, 5.74) is 2.89. The number of aliphatic hydroxyl groups is 1. The van der Waals surface area contributed by atoms with Gasteiger partial charge in [0, 0.05) is 0 Å². The van der Waals surface area contributed by atoms with Crippen LogP contribution in [-0.4, -0.2) is 30.4 Å². The zero-order chi connectivity index (χ0) is 13.8. The Bertz CT molecular complexity index is 441. The van der Waals surface area contributed by atoms with Crippen molar-refractivity contribution < 1.29 is 15.2 Å². The summed E-state index contributed by atoms with van der Waals surface area (Å²) in [5.74, 6) is 0.908. The van der Waals surface area contributed by atoms with E-state index in [4.69, 9.17) is 4.74 Å². The number of hydrogen-bond donors (Lipinski definition) is 2. The normalized spacial score (nSPS) is 20.1. The molecule has 110 valence electrons. The number of nitrogens with two attached hydrogens (primary N) is 1. The minimum absolute atomic E-state index is 0.371. The first-order chi connectivity index (χ1) is 9.81. The van der Waals surface area contributed by atoms with Crippen molar-refractivity contribution in [1.82, 2.24) is 0 Å². The van der Waals surface area contributed by atoms with Gasteiger partial charge < -0.3 is 15.2 Å². The Morgan fingerprint density at radius 1 is 1.15 bits per heavy atom. The number of ether oxygens (including phenoxy) is 1. The number of benzene rings is 1. The van der Waals surface area contributed by atoms with E-state index < -0.39 is 0 Å². The second-order valence-corrected chi connectivity index (χ2v) is 6.26. The molecule has 2 aliphatic rings. The van der Waals surface area contributed by atoms with Crippen LogP contribution in [0.25, 0.3) is 0 Å². The predicted octanol–water partition coefficient (Wildman–Crippen LogP) is 1.42. The SMILES string of the molecule is O[C@H](C[NH2+]C1CCCC1)COc1ccc2c(c1)CCC2. The van der Waals surface area contributed by atoms with E-state index in [-0.39, 0.29) is 6.10 Å². The lowest BCUT2D eigenvalue weighted by Gasteiger charge is -2.14. The van der Waals surface area contributed by atoms with Crippen molar-refractivity contribution in [1.29, 1.82) is 0 Å². The van der Waals surface area contributed by atoms with Gasteiger partial charge in [-0.2, -0.15) is 0 Å². The topological polar surface area (TPSA) is 46.1 Å². The second-order valence-electron chi connectivity index (χ2n) is 6.26. The van der Waals surface area contributed by atoms with Gasteiger partial charge in [0.15, 0.2) is 0 Å². The molecule has 0 amide bonds. The maximum atomic E-state index is 10.0. The zero-order valence-electron chi connectivity index (χ0n) is 12.2. The Balaban J connectivity index is 1.41. The maximum absolute atomic E-state index is 10.0. The van der Waals surface area contributed by atoms with Gasteiger partial charge in [-0.1, -0.05) is 6.07 Å². The smallest absolute Gasteiger partial charge is 0.137 e. The lowest BCUT2D eigenvalue weighted by molar-refractivity contribution is -0.693. The van der Waals surface area contributed by atoms with Crippen LogP contribution in [0.1, 0.15) is 43.2 Å². The molecule has 0 unspecified atom stereocenters. The molecule has 3 rings (SSSR count). The molecule has 0 aliphatic heterocycles. The quantitative estimate of drug-likeness (QED) is 0.825. The van der Waals surface area contributed by atoms with Crippen molar-refractivity contribution in [3.05, 3.63) is 29.3 Å². The predicted molar refractivity (Wildman–Crippen MR) is 79.0 cm³/mol. The largest absolute Gasteiger partial charge is 0.491 e. The molecule has 0 heterocycles. The molecule has 1 fully saturated rings. The highest BCUT2D eigenvalue weighted by atomic mass is 16.5. The van der Waals surface area contributed by atoms with E-state index in [2.05, 4.69) is 17.4 Å². The van der Waals surface area contributed by atoms with Crippen molar-refractivity contribution in [2.24, 2.45) is 0 Å². The first-order valence-corrected chi connectivity index (χ1v) is 8.07. The Morgan fingerprint density at radius 3 is 2.80 bits per heavy atom. The van der Waals surface area contributed by atoms with Gasteiger partial charge in [0.2, 0.25) is 0 Å². The summed E-state index contributed by atoms with van der Waals surface area (Å²) in [5, 5.41) is 12.3. The van der Waals surface area contributed by atoms with Gasteiger partial charge in [-0.3, -0.25) is 0 Å². The molecule has 0 radical (unpaired) electrons. The molecule has 2 aliphatic carbocycles. The fraction of sp³-hybridized carbons (Fsp3) is 0.647. The number of fused-ring (bicyclic) bond motifs is 1. The standard InChI is InChI=1S/C17H25NO2/c19-16(11-18-15-6-1-2-7-15)12-20-17-9-8-13-4-3-5-14(13)10-17/h8-10,15-16,18-19H,1-7,11-12H2/p+1/t16-/m1/s1. The van der Waals surface area contributed by atoms with Crippen LogP contribution in [0.4, 0.5) is 0 Å². The van der Waals surface area contributed by atoms with Gasteiger partial charge in [-0.05, 0) is 68.2 Å². The van der Waals surface area contributed by atoms with Gasteiger partial charge in [0.1, 0.15) is 25.0 Å². The van der Waals surface area contributed by atoms with E-state index in [0.717, 1.165) is 18.3 Å². The minimum atomic E-state index is -0.371. The summed E-state index contributed by atoms with van der Waals surface area (Å²) in [6.07, 6.45) is 8.57. The molecule has 0 bridgehead atoms. The number of rotatable bonds is 6. The summed E-state index contributed by atoms with van der Waals surface area (Å²) >= 11 is 0. The van der Waals surface area contributed by atoms with Crippen molar-refractivity contribution in [2.45, 2.75) is 57.1 Å². The molecule has 1 saturated carbocycles. The highest BCUT2D eigenvalue weighted by molar-refractivity contribution is 5.38. The number of aliphatic hydroxyl groups excluding tert-OH is 1. The van der Waals surface area contributed by atoms with E-state index in [9.17, 15) is 5.11 Å². The number of aryl methyl sites for hydroxylation is 2. The molecular formula is C17H26NO2+. The second kappa shape index (κ2) is 6.59. The summed E-state index contributed by atoms with van der Waals surface area (Å²) in [6.45, 7) is 1.16. The summed E-state index contributed by atoms with van der Waals surface area (Å²) in [4.78, 5) is 0. The summed E-state index contributed by atoms with van der Waals surface area (Å²) in [7, 11) is 0. The van der Waals surface area contributed by atoms with Crippen LogP contribution in [0, 0.1) is 0 Å². The molecule has 0 spiro atoms. The average molecular weight is 276 g/mol. The monoisotopic (exact) mass is 276 g/mol. The van der Waals surface area contributed by atoms with Crippen LogP contribution >= 0.6 is 0 Å². The first kappa shape index (κ1) is 13.9. The van der Waals surface area contributed by atoms with Crippen molar-refractivity contribution >= 4 is 0 Å². The van der Waals surface area contributed by atoms with Crippen molar-refractivity contribution in [3.63, 3.8) is 0 Å². The average Bonchev–Trinajstić information content (AvgIpc) is 3.13. The van der Waals surface area contributed by atoms with Crippen molar-refractivity contribution in [3.8, 4) is 5.75 Å². The highest BCUT2D eigenvalue weighted by Gasteiger charge is 2.19. The van der Waals surface area contributed by atoms with E-state index in [1.165, 1.54) is 56.1 Å². The molecule has 1 aromatic carbocycles. The van der Waals surface area contributed by atoms with Crippen LogP contribution < -0.4 is 10.1 Å². The Morgan fingerprint density at radius 2 is 1.95 bits per heavy atom. The molecule has 0 aromatic heterocycles. The van der Waals surface area contributed by atoms with Gasteiger partial charge in [0.25, 0.3) is 0 Å². The zero-order valence-corrected chi connectivity index (χ0v) is 12.2. The van der Waals surface area contributed by atoms with Crippen LogP contribution in [0.5, 0.6) is 5.75 Å². The Hall–Kier alpha value is -1.06. The van der Waals surface area contributed by atoms with Crippen LogP contribution in [0.15, 0.2) is 18.2 Å². The van der Waals surface area contributed by atoms with Gasteiger partial charge in [-0.15, -0.1) is 0 Å². The Labute approximate surface area is 121 Å². The van der Waals surface area contributed by atoms with Crippen LogP contribution in [0.3, 0.4) is 0 Å². The fourth-order valence-corrected chi connectivity index (χ4v) is 3.44.